The molecule has 0 spiro atoms. The molecule has 0 heterocycles. The summed E-state index contributed by atoms with van der Waals surface area (Å²) in [6, 6.07) is 5.62. The highest BCUT2D eigenvalue weighted by Gasteiger charge is 2.20. The fraction of sp³-hybridized carbons (Fsp3) is 0.533. The molecular weight excluding hydrogens is 242 g/mol. The summed E-state index contributed by atoms with van der Waals surface area (Å²) < 4.78 is 10.4. The van der Waals surface area contributed by atoms with Gasteiger partial charge in [0.2, 0.25) is 0 Å². The van der Waals surface area contributed by atoms with Gasteiger partial charge in [-0.1, -0.05) is 19.9 Å². The average Bonchev–Trinajstić information content (AvgIpc) is 2.37. The second-order valence-corrected chi connectivity index (χ2v) is 4.95. The lowest BCUT2D eigenvalue weighted by Gasteiger charge is -2.19. The third kappa shape index (κ3) is 4.91. The van der Waals surface area contributed by atoms with Crippen molar-refractivity contribution in [1.29, 1.82) is 0 Å². The van der Waals surface area contributed by atoms with Crippen LogP contribution < -0.4 is 10.1 Å². The third-order valence-electron chi connectivity index (χ3n) is 2.92. The molecule has 106 valence electrons. The third-order valence-corrected chi connectivity index (χ3v) is 2.92. The Kier molecular flexibility index (Phi) is 5.83. The molecule has 19 heavy (non-hydrogen) atoms. The number of hydrogen-bond donors (Lipinski definition) is 1. The average molecular weight is 265 g/mol. The number of hydrogen-bond acceptors (Lipinski definition) is 4. The summed E-state index contributed by atoms with van der Waals surface area (Å²) in [5.41, 5.74) is 2.39. The zero-order chi connectivity index (χ0) is 14.4. The molecule has 0 saturated heterocycles. The minimum absolute atomic E-state index is 0.187. The van der Waals surface area contributed by atoms with Crippen LogP contribution in [0.4, 0.5) is 0 Å². The van der Waals surface area contributed by atoms with E-state index in [2.05, 4.69) is 12.2 Å². The summed E-state index contributed by atoms with van der Waals surface area (Å²) in [7, 11) is 1.38. The van der Waals surface area contributed by atoms with Gasteiger partial charge in [-0.25, -0.2) is 0 Å². The molecule has 1 aromatic carbocycles. The summed E-state index contributed by atoms with van der Waals surface area (Å²) in [4.78, 5) is 11.6. The first kappa shape index (κ1) is 15.5. The van der Waals surface area contributed by atoms with Gasteiger partial charge in [0.05, 0.1) is 7.11 Å². The lowest BCUT2D eigenvalue weighted by molar-refractivity contribution is -0.144. The minimum atomic E-state index is -0.452. The quantitative estimate of drug-likeness (QED) is 0.801. The van der Waals surface area contributed by atoms with Gasteiger partial charge in [0.15, 0.2) is 0 Å². The van der Waals surface area contributed by atoms with Gasteiger partial charge in [-0.05, 0) is 37.1 Å². The fourth-order valence-corrected chi connectivity index (χ4v) is 1.71. The Morgan fingerprint density at radius 2 is 1.95 bits per heavy atom. The van der Waals surface area contributed by atoms with Crippen LogP contribution in [0.2, 0.25) is 0 Å². The van der Waals surface area contributed by atoms with Crippen LogP contribution in [0.15, 0.2) is 18.2 Å². The maximum atomic E-state index is 11.6. The molecular formula is C15H23NO3. The molecule has 4 nitrogen and oxygen atoms in total. The zero-order valence-corrected chi connectivity index (χ0v) is 12.3. The maximum absolute atomic E-state index is 11.6. The van der Waals surface area contributed by atoms with Crippen LogP contribution in [0.25, 0.3) is 0 Å². The highest BCUT2D eigenvalue weighted by atomic mass is 16.5. The number of rotatable bonds is 6. The minimum Gasteiger partial charge on any atom is -0.491 e. The summed E-state index contributed by atoms with van der Waals surface area (Å²) >= 11 is 0. The molecule has 0 aliphatic rings. The summed E-state index contributed by atoms with van der Waals surface area (Å²) in [5, 5.41) is 3.13. The SMILES string of the molecule is COC(=O)C(COc1ccc(C)c(C)c1)NC(C)C. The lowest BCUT2D eigenvalue weighted by atomic mass is 10.1. The highest BCUT2D eigenvalue weighted by molar-refractivity contribution is 5.75. The van der Waals surface area contributed by atoms with Crippen molar-refractivity contribution in [2.45, 2.75) is 39.8 Å². The van der Waals surface area contributed by atoms with Crippen LogP contribution in [0.5, 0.6) is 5.75 Å². The van der Waals surface area contributed by atoms with Crippen LogP contribution in [0.1, 0.15) is 25.0 Å². The van der Waals surface area contributed by atoms with E-state index in [0.717, 1.165) is 5.75 Å². The van der Waals surface area contributed by atoms with Gasteiger partial charge in [-0.3, -0.25) is 10.1 Å². The Balaban J connectivity index is 2.64. The maximum Gasteiger partial charge on any atom is 0.326 e. The molecule has 1 atom stereocenters. The van der Waals surface area contributed by atoms with E-state index < -0.39 is 6.04 Å². The van der Waals surface area contributed by atoms with E-state index in [0.29, 0.717) is 0 Å². The van der Waals surface area contributed by atoms with Gasteiger partial charge >= 0.3 is 5.97 Å². The first-order valence-corrected chi connectivity index (χ1v) is 6.48. The Morgan fingerprint density at radius 3 is 2.47 bits per heavy atom. The molecule has 0 bridgehead atoms. The molecule has 1 aromatic rings. The molecule has 0 aliphatic carbocycles. The zero-order valence-electron chi connectivity index (χ0n) is 12.3. The van der Waals surface area contributed by atoms with Crippen LogP contribution in [-0.4, -0.2) is 31.8 Å². The molecule has 0 amide bonds. The van der Waals surface area contributed by atoms with Gasteiger partial charge in [-0.15, -0.1) is 0 Å². The predicted molar refractivity (Wildman–Crippen MR) is 75.5 cm³/mol. The number of aryl methyl sites for hydroxylation is 2. The number of carbonyl (C=O) groups is 1. The van der Waals surface area contributed by atoms with E-state index in [9.17, 15) is 4.79 Å². The second-order valence-electron chi connectivity index (χ2n) is 4.95. The molecule has 1 unspecified atom stereocenters. The number of nitrogens with one attached hydrogen (secondary N) is 1. The van der Waals surface area contributed by atoms with Gasteiger partial charge in [0, 0.05) is 6.04 Å². The smallest absolute Gasteiger partial charge is 0.326 e. The standard InChI is InChI=1S/C15H23NO3/c1-10(2)16-14(15(17)18-5)9-19-13-7-6-11(3)12(4)8-13/h6-8,10,14,16H,9H2,1-5H3. The molecule has 1 rings (SSSR count). The Morgan fingerprint density at radius 1 is 1.26 bits per heavy atom. The van der Waals surface area contributed by atoms with Crippen molar-refractivity contribution in [1.82, 2.24) is 5.32 Å². The Labute approximate surface area is 115 Å². The Hall–Kier alpha value is -1.55. The molecule has 4 heteroatoms. The molecule has 0 aromatic heterocycles. The van der Waals surface area contributed by atoms with Crippen LogP contribution in [-0.2, 0) is 9.53 Å². The van der Waals surface area contributed by atoms with Crippen molar-refractivity contribution in [3.05, 3.63) is 29.3 Å². The summed E-state index contributed by atoms with van der Waals surface area (Å²) in [5.74, 6) is 0.458. The normalized spacial score (nSPS) is 12.3. The summed E-state index contributed by atoms with van der Waals surface area (Å²) in [6.45, 7) is 8.30. The van der Waals surface area contributed by atoms with Gasteiger partial charge in [0.25, 0.3) is 0 Å². The largest absolute Gasteiger partial charge is 0.491 e. The number of benzene rings is 1. The molecule has 0 saturated carbocycles. The topological polar surface area (TPSA) is 47.6 Å². The van der Waals surface area contributed by atoms with Crippen molar-refractivity contribution in [3.63, 3.8) is 0 Å². The van der Waals surface area contributed by atoms with Gasteiger partial charge < -0.3 is 9.47 Å². The number of methoxy groups -OCH3 is 1. The second kappa shape index (κ2) is 7.14. The van der Waals surface area contributed by atoms with E-state index in [1.165, 1.54) is 18.2 Å². The fourth-order valence-electron chi connectivity index (χ4n) is 1.71. The van der Waals surface area contributed by atoms with Gasteiger partial charge in [-0.2, -0.15) is 0 Å². The highest BCUT2D eigenvalue weighted by Crippen LogP contribution is 2.16. The first-order valence-electron chi connectivity index (χ1n) is 6.48. The van der Waals surface area contributed by atoms with E-state index in [1.54, 1.807) is 0 Å². The van der Waals surface area contributed by atoms with Crippen molar-refractivity contribution >= 4 is 5.97 Å². The number of ether oxygens (including phenoxy) is 2. The van der Waals surface area contributed by atoms with E-state index >= 15 is 0 Å². The number of esters is 1. The molecule has 1 N–H and O–H groups in total. The van der Waals surface area contributed by atoms with Gasteiger partial charge in [0.1, 0.15) is 18.4 Å². The molecule has 0 fully saturated rings. The lowest BCUT2D eigenvalue weighted by Crippen LogP contribution is -2.45. The van der Waals surface area contributed by atoms with E-state index in [-0.39, 0.29) is 18.6 Å². The van der Waals surface area contributed by atoms with E-state index in [4.69, 9.17) is 9.47 Å². The molecule has 0 radical (unpaired) electrons. The first-order chi connectivity index (χ1) is 8.93. The van der Waals surface area contributed by atoms with Crippen LogP contribution in [0.3, 0.4) is 0 Å². The monoisotopic (exact) mass is 265 g/mol. The van der Waals surface area contributed by atoms with Crippen molar-refractivity contribution < 1.29 is 14.3 Å². The van der Waals surface area contributed by atoms with Crippen molar-refractivity contribution in [2.24, 2.45) is 0 Å². The molecule has 0 aliphatic heterocycles. The van der Waals surface area contributed by atoms with Crippen molar-refractivity contribution in [3.8, 4) is 5.75 Å². The van der Waals surface area contributed by atoms with Crippen molar-refractivity contribution in [2.75, 3.05) is 13.7 Å². The van der Waals surface area contributed by atoms with Crippen LogP contribution in [0, 0.1) is 13.8 Å². The Bertz CT molecular complexity index is 429. The summed E-state index contributed by atoms with van der Waals surface area (Å²) in [6.07, 6.45) is 0. The van der Waals surface area contributed by atoms with Crippen LogP contribution >= 0.6 is 0 Å². The number of carbonyl (C=O) groups excluding carboxylic acids is 1. The predicted octanol–water partition coefficient (Wildman–Crippen LogP) is 2.22. The van der Waals surface area contributed by atoms with E-state index in [1.807, 2.05) is 39.0 Å².